The summed E-state index contributed by atoms with van der Waals surface area (Å²) in [5.74, 6) is 0.393. The molecule has 0 radical (unpaired) electrons. The number of anilines is 1. The minimum Gasteiger partial charge on any atom is -0.467 e. The van der Waals surface area contributed by atoms with Crippen LogP contribution in [-0.2, 0) is 16.1 Å². The smallest absolute Gasteiger partial charge is 0.241 e. The van der Waals surface area contributed by atoms with Gasteiger partial charge in [-0.25, -0.2) is 0 Å². The summed E-state index contributed by atoms with van der Waals surface area (Å²) in [6.07, 6.45) is 1.56. The third-order valence-electron chi connectivity index (χ3n) is 4.40. The van der Waals surface area contributed by atoms with Crippen LogP contribution in [0.1, 0.15) is 29.4 Å². The number of nitrogens with one attached hydrogen (secondary N) is 2. The normalized spacial score (nSPS) is 12.1. The highest BCUT2D eigenvalue weighted by molar-refractivity contribution is 5.96. The van der Waals surface area contributed by atoms with Crippen LogP contribution in [0.25, 0.3) is 0 Å². The topological polar surface area (TPSA) is 74.6 Å². The lowest BCUT2D eigenvalue weighted by molar-refractivity contribution is -0.125. The molecule has 1 aromatic heterocycles. The first kappa shape index (κ1) is 19.7. The Hall–Kier alpha value is -2.60. The molecule has 0 aliphatic rings. The number of hydrogen-bond donors (Lipinski definition) is 2. The van der Waals surface area contributed by atoms with Gasteiger partial charge >= 0.3 is 0 Å². The van der Waals surface area contributed by atoms with E-state index in [1.807, 2.05) is 32.9 Å². The van der Waals surface area contributed by atoms with Gasteiger partial charge in [0.15, 0.2) is 0 Å². The van der Waals surface area contributed by atoms with E-state index in [9.17, 15) is 9.59 Å². The molecule has 140 valence electrons. The first-order valence-corrected chi connectivity index (χ1v) is 8.66. The Morgan fingerprint density at radius 3 is 2.42 bits per heavy atom. The molecule has 1 aromatic carbocycles. The van der Waals surface area contributed by atoms with E-state index < -0.39 is 6.04 Å². The number of benzene rings is 1. The molecule has 0 fully saturated rings. The second-order valence-electron chi connectivity index (χ2n) is 6.71. The van der Waals surface area contributed by atoms with Gasteiger partial charge in [0.2, 0.25) is 11.8 Å². The van der Waals surface area contributed by atoms with E-state index in [1.54, 1.807) is 37.3 Å². The van der Waals surface area contributed by atoms with Gasteiger partial charge in [-0.05, 0) is 58.0 Å². The zero-order valence-corrected chi connectivity index (χ0v) is 16.1. The van der Waals surface area contributed by atoms with E-state index in [-0.39, 0.29) is 18.4 Å². The van der Waals surface area contributed by atoms with E-state index in [4.69, 9.17) is 4.42 Å². The molecule has 2 rings (SSSR count). The fourth-order valence-electron chi connectivity index (χ4n) is 2.82. The third-order valence-corrected chi connectivity index (χ3v) is 4.40. The predicted octanol–water partition coefficient (Wildman–Crippen LogP) is 2.78. The lowest BCUT2D eigenvalue weighted by Gasteiger charge is -2.24. The molecular weight excluding hydrogens is 330 g/mol. The molecule has 6 nitrogen and oxygen atoms in total. The zero-order chi connectivity index (χ0) is 19.3. The van der Waals surface area contributed by atoms with Crippen molar-refractivity contribution >= 4 is 17.5 Å². The Labute approximate surface area is 154 Å². The number of furan rings is 1. The molecule has 0 aliphatic heterocycles. The third kappa shape index (κ3) is 5.20. The van der Waals surface area contributed by atoms with Crippen molar-refractivity contribution in [3.63, 3.8) is 0 Å². The molecule has 1 unspecified atom stereocenters. The minimum absolute atomic E-state index is 0.126. The van der Waals surface area contributed by atoms with Gasteiger partial charge in [-0.15, -0.1) is 0 Å². The Kier molecular flexibility index (Phi) is 6.58. The molecule has 0 saturated heterocycles. The summed E-state index contributed by atoms with van der Waals surface area (Å²) in [5.41, 5.74) is 4.06. The summed E-state index contributed by atoms with van der Waals surface area (Å²) in [6.45, 7) is 8.23. The van der Waals surface area contributed by atoms with Crippen LogP contribution in [0.5, 0.6) is 0 Å². The van der Waals surface area contributed by atoms with Crippen LogP contribution in [0.3, 0.4) is 0 Å². The maximum atomic E-state index is 12.6. The first-order valence-electron chi connectivity index (χ1n) is 8.66. The van der Waals surface area contributed by atoms with E-state index >= 15 is 0 Å². The summed E-state index contributed by atoms with van der Waals surface area (Å²) in [4.78, 5) is 26.3. The second kappa shape index (κ2) is 8.67. The number of carbonyl (C=O) groups excluding carboxylic acids is 2. The summed E-state index contributed by atoms with van der Waals surface area (Å²) in [6, 6.07) is 7.21. The highest BCUT2D eigenvalue weighted by Crippen LogP contribution is 2.22. The maximum Gasteiger partial charge on any atom is 0.241 e. The van der Waals surface area contributed by atoms with E-state index in [0.717, 1.165) is 22.4 Å². The fraction of sp³-hybridized carbons (Fsp3) is 0.400. The van der Waals surface area contributed by atoms with Crippen molar-refractivity contribution in [3.8, 4) is 0 Å². The van der Waals surface area contributed by atoms with Crippen LogP contribution < -0.4 is 10.6 Å². The van der Waals surface area contributed by atoms with E-state index in [1.165, 1.54) is 0 Å². The molecule has 26 heavy (non-hydrogen) atoms. The summed E-state index contributed by atoms with van der Waals surface area (Å²) < 4.78 is 5.18. The van der Waals surface area contributed by atoms with Crippen LogP contribution in [-0.4, -0.2) is 36.3 Å². The number of rotatable bonds is 7. The Morgan fingerprint density at radius 2 is 1.85 bits per heavy atom. The van der Waals surface area contributed by atoms with E-state index in [0.29, 0.717) is 12.3 Å². The Morgan fingerprint density at radius 1 is 1.19 bits per heavy atom. The van der Waals surface area contributed by atoms with Crippen LogP contribution >= 0.6 is 0 Å². The molecular formula is C20H27N3O3. The molecule has 0 spiro atoms. The standard InChI is InChI=1S/C20H27N3O3/c1-13-9-14(2)19(15(3)10-13)22-20(25)16(4)23(5)12-18(24)21-11-17-7-6-8-26-17/h6-10,16H,11-12H2,1-5H3,(H,21,24)(H,22,25). The number of likely N-dealkylation sites (N-methyl/N-ethyl adjacent to an activating group) is 1. The minimum atomic E-state index is -0.440. The van der Waals surface area contributed by atoms with Gasteiger partial charge in [-0.1, -0.05) is 17.7 Å². The van der Waals surface area contributed by atoms with Crippen LogP contribution in [0.4, 0.5) is 5.69 Å². The summed E-state index contributed by atoms with van der Waals surface area (Å²) >= 11 is 0. The van der Waals surface area contributed by atoms with Gasteiger partial charge in [0.05, 0.1) is 25.4 Å². The van der Waals surface area contributed by atoms with Crippen LogP contribution in [0.2, 0.25) is 0 Å². The van der Waals surface area contributed by atoms with Crippen molar-refractivity contribution in [3.05, 3.63) is 53.0 Å². The number of carbonyl (C=O) groups is 2. The highest BCUT2D eigenvalue weighted by Gasteiger charge is 2.21. The molecule has 2 amide bonds. The quantitative estimate of drug-likeness (QED) is 0.799. The summed E-state index contributed by atoms with van der Waals surface area (Å²) in [5, 5.41) is 5.76. The SMILES string of the molecule is Cc1cc(C)c(NC(=O)C(C)N(C)CC(=O)NCc2ccco2)c(C)c1. The molecule has 0 saturated carbocycles. The largest absolute Gasteiger partial charge is 0.467 e. The number of aryl methyl sites for hydroxylation is 3. The van der Waals surface area contributed by atoms with Crippen molar-refractivity contribution in [1.82, 2.24) is 10.2 Å². The second-order valence-corrected chi connectivity index (χ2v) is 6.71. The molecule has 2 N–H and O–H groups in total. The van der Waals surface area contributed by atoms with Gasteiger partial charge in [-0.2, -0.15) is 0 Å². The van der Waals surface area contributed by atoms with Crippen molar-refractivity contribution in [2.45, 2.75) is 40.3 Å². The first-order chi connectivity index (χ1) is 12.3. The zero-order valence-electron chi connectivity index (χ0n) is 16.1. The van der Waals surface area contributed by atoms with E-state index in [2.05, 4.69) is 10.6 Å². The van der Waals surface area contributed by atoms with Gasteiger partial charge in [-0.3, -0.25) is 14.5 Å². The van der Waals surface area contributed by atoms with Crippen molar-refractivity contribution in [1.29, 1.82) is 0 Å². The predicted molar refractivity (Wildman–Crippen MR) is 102 cm³/mol. The molecule has 6 heteroatoms. The van der Waals surface area contributed by atoms with Crippen LogP contribution in [0.15, 0.2) is 34.9 Å². The van der Waals surface area contributed by atoms with Gasteiger partial charge in [0.25, 0.3) is 0 Å². The number of nitrogens with zero attached hydrogens (tertiary/aromatic N) is 1. The molecule has 1 heterocycles. The molecule has 0 aliphatic carbocycles. The van der Waals surface area contributed by atoms with Crippen LogP contribution in [0, 0.1) is 20.8 Å². The molecule has 2 aromatic rings. The average molecular weight is 357 g/mol. The van der Waals surface area contributed by atoms with Gasteiger partial charge in [0, 0.05) is 5.69 Å². The Balaban J connectivity index is 1.89. The van der Waals surface area contributed by atoms with Crippen molar-refractivity contribution in [2.75, 3.05) is 18.9 Å². The number of hydrogen-bond acceptors (Lipinski definition) is 4. The molecule has 1 atom stereocenters. The fourth-order valence-corrected chi connectivity index (χ4v) is 2.82. The van der Waals surface area contributed by atoms with Crippen molar-refractivity contribution in [2.24, 2.45) is 0 Å². The maximum absolute atomic E-state index is 12.6. The molecule has 0 bridgehead atoms. The average Bonchev–Trinajstić information content (AvgIpc) is 3.08. The van der Waals surface area contributed by atoms with Crippen molar-refractivity contribution < 1.29 is 14.0 Å². The lowest BCUT2D eigenvalue weighted by Crippen LogP contribution is -2.44. The number of amides is 2. The van der Waals surface area contributed by atoms with Gasteiger partial charge in [0.1, 0.15) is 5.76 Å². The Bertz CT molecular complexity index is 746. The van der Waals surface area contributed by atoms with Gasteiger partial charge < -0.3 is 15.1 Å². The lowest BCUT2D eigenvalue weighted by atomic mass is 10.0. The highest BCUT2D eigenvalue weighted by atomic mass is 16.3. The monoisotopic (exact) mass is 357 g/mol. The summed E-state index contributed by atoms with van der Waals surface area (Å²) in [7, 11) is 1.76.